The average Bonchev–Trinajstić information content (AvgIpc) is 3.46. The van der Waals surface area contributed by atoms with Gasteiger partial charge in [0.05, 0.1) is 43.1 Å². The maximum Gasteiger partial charge on any atom is 0.246 e. The van der Waals surface area contributed by atoms with Crippen molar-refractivity contribution in [3.63, 3.8) is 0 Å². The molecule has 2 aliphatic carbocycles. The molecule has 6 unspecified atom stereocenters. The fourth-order valence-corrected chi connectivity index (χ4v) is 8.89. The third-order valence-corrected chi connectivity index (χ3v) is 10.8. The maximum absolute atomic E-state index is 15.3. The first-order valence-corrected chi connectivity index (χ1v) is 16.3. The lowest BCUT2D eigenvalue weighted by atomic mass is 9.49. The highest BCUT2D eigenvalue weighted by molar-refractivity contribution is 6.32. The molecular weight excluding hydrogens is 620 g/mol. The number of amides is 4. The van der Waals surface area contributed by atoms with Crippen LogP contribution in [-0.2, 0) is 24.6 Å². The van der Waals surface area contributed by atoms with Crippen molar-refractivity contribution < 1.29 is 33.8 Å². The summed E-state index contributed by atoms with van der Waals surface area (Å²) >= 11 is 6.37. The lowest BCUT2D eigenvalue weighted by molar-refractivity contribution is -0.140. The normalized spacial score (nSPS) is 28.2. The number of phenolic OH excluding ortho intramolecular Hbond substituents is 1. The Balaban J connectivity index is 1.52. The number of likely N-dealkylation sites (tertiary alicyclic amines) is 1. The van der Waals surface area contributed by atoms with Crippen LogP contribution in [0.25, 0.3) is 0 Å². The van der Waals surface area contributed by atoms with E-state index in [4.69, 9.17) is 21.1 Å². The van der Waals surface area contributed by atoms with Crippen LogP contribution >= 0.6 is 11.6 Å². The quantitative estimate of drug-likeness (QED) is 0.259. The highest BCUT2D eigenvalue weighted by atomic mass is 35.5. The molecule has 6 atom stereocenters. The average molecular weight is 655 g/mol. The van der Waals surface area contributed by atoms with E-state index in [2.05, 4.69) is 0 Å². The van der Waals surface area contributed by atoms with E-state index in [1.807, 2.05) is 43.3 Å². The lowest BCUT2D eigenvalue weighted by Crippen LogP contribution is -2.53. The first kappa shape index (κ1) is 31.0. The molecule has 7 rings (SSSR count). The number of carbonyl (C=O) groups is 4. The molecule has 4 amide bonds. The number of nitrogens with zero attached hydrogens (tertiary/aromatic N) is 2. The van der Waals surface area contributed by atoms with Crippen LogP contribution in [0.15, 0.2) is 78.4 Å². The van der Waals surface area contributed by atoms with Crippen molar-refractivity contribution in [2.24, 2.45) is 23.7 Å². The van der Waals surface area contributed by atoms with Gasteiger partial charge in [-0.05, 0) is 66.6 Å². The van der Waals surface area contributed by atoms with Crippen LogP contribution in [0, 0.1) is 23.7 Å². The van der Waals surface area contributed by atoms with Gasteiger partial charge in [0.1, 0.15) is 0 Å². The molecule has 10 heteroatoms. The number of hydrogen-bond acceptors (Lipinski definition) is 7. The maximum atomic E-state index is 15.3. The second kappa shape index (κ2) is 11.6. The second-order valence-electron chi connectivity index (χ2n) is 12.7. The van der Waals surface area contributed by atoms with Crippen molar-refractivity contribution in [3.05, 3.63) is 94.5 Å². The third-order valence-electron chi connectivity index (χ3n) is 10.5. The van der Waals surface area contributed by atoms with Crippen LogP contribution < -0.4 is 14.4 Å². The number of halogens is 1. The Morgan fingerprint density at radius 1 is 0.894 bits per heavy atom. The zero-order chi connectivity index (χ0) is 33.2. The predicted octanol–water partition coefficient (Wildman–Crippen LogP) is 5.64. The number of benzene rings is 3. The van der Waals surface area contributed by atoms with E-state index < -0.39 is 46.8 Å². The minimum atomic E-state index is -1.45. The topological polar surface area (TPSA) is 113 Å². The molecule has 0 radical (unpaired) electrons. The van der Waals surface area contributed by atoms with Crippen molar-refractivity contribution in [2.45, 2.75) is 37.5 Å². The van der Waals surface area contributed by atoms with Crippen LogP contribution in [0.5, 0.6) is 17.2 Å². The summed E-state index contributed by atoms with van der Waals surface area (Å²) in [5.74, 6) is -4.49. The molecule has 3 aromatic carbocycles. The van der Waals surface area contributed by atoms with Gasteiger partial charge in [-0.2, -0.15) is 0 Å². The van der Waals surface area contributed by atoms with Crippen molar-refractivity contribution >= 4 is 40.9 Å². The Morgan fingerprint density at radius 2 is 1.60 bits per heavy atom. The summed E-state index contributed by atoms with van der Waals surface area (Å²) in [7, 11) is 2.86. The fraction of sp³-hybridized carbons (Fsp3) is 0.351. The first-order valence-electron chi connectivity index (χ1n) is 15.9. The Labute approximate surface area is 277 Å². The summed E-state index contributed by atoms with van der Waals surface area (Å²) in [6.45, 7) is 2.26. The van der Waals surface area contributed by atoms with Gasteiger partial charge in [0.2, 0.25) is 29.4 Å². The molecule has 0 aromatic heterocycles. The number of hydrogen-bond donors (Lipinski definition) is 1. The highest BCUT2D eigenvalue weighted by Gasteiger charge is 2.70. The van der Waals surface area contributed by atoms with Crippen LogP contribution in [0.4, 0.5) is 5.69 Å². The molecule has 0 bridgehead atoms. The Kier molecular flexibility index (Phi) is 7.62. The van der Waals surface area contributed by atoms with Gasteiger partial charge in [0, 0.05) is 17.5 Å². The van der Waals surface area contributed by atoms with Crippen molar-refractivity contribution in [3.8, 4) is 17.2 Å². The van der Waals surface area contributed by atoms with E-state index in [1.165, 1.54) is 24.0 Å². The SMILES string of the molecule is CCCN1C(=O)C2CC=C3C(CC4C(=O)N(c5cccc(Cl)c5)C(=O)C4(c4ccccc4)C3c3cc(OC)c(O)c(OC)c3)C2C1=O. The molecule has 3 fully saturated rings. The minimum Gasteiger partial charge on any atom is -0.502 e. The van der Waals surface area contributed by atoms with Gasteiger partial charge in [-0.15, -0.1) is 0 Å². The van der Waals surface area contributed by atoms with Gasteiger partial charge < -0.3 is 14.6 Å². The number of ether oxygens (including phenoxy) is 2. The molecule has 4 aliphatic rings. The number of anilines is 1. The molecule has 9 nitrogen and oxygen atoms in total. The van der Waals surface area contributed by atoms with Gasteiger partial charge in [-0.1, -0.05) is 66.6 Å². The molecule has 1 N–H and O–H groups in total. The van der Waals surface area contributed by atoms with Crippen LogP contribution in [0.2, 0.25) is 5.02 Å². The van der Waals surface area contributed by atoms with Crippen LogP contribution in [-0.4, -0.2) is 54.4 Å². The van der Waals surface area contributed by atoms with Gasteiger partial charge in [-0.25, -0.2) is 4.90 Å². The standard InChI is InChI=1S/C37H35ClN2O7/c1-4-15-39-33(42)25-14-13-24-26(30(25)35(39)44)19-27-34(43)40(23-12-8-11-22(38)18-23)36(45)37(27,21-9-6-5-7-10-21)31(24)20-16-28(46-2)32(41)29(17-20)47-3/h5-13,16-18,25-27,30-31,41H,4,14-15,19H2,1-3H3. The smallest absolute Gasteiger partial charge is 0.246 e. The van der Waals surface area contributed by atoms with E-state index in [0.29, 0.717) is 41.2 Å². The highest BCUT2D eigenvalue weighted by Crippen LogP contribution is 2.65. The van der Waals surface area contributed by atoms with Crippen LogP contribution in [0.3, 0.4) is 0 Å². The minimum absolute atomic E-state index is 0.139. The first-order chi connectivity index (χ1) is 22.7. The van der Waals surface area contributed by atoms with E-state index in [-0.39, 0.29) is 35.5 Å². The van der Waals surface area contributed by atoms with Gasteiger partial charge in [0.15, 0.2) is 11.5 Å². The summed E-state index contributed by atoms with van der Waals surface area (Å²) in [5.41, 5.74) is 0.947. The fourth-order valence-electron chi connectivity index (χ4n) is 8.71. The molecule has 47 heavy (non-hydrogen) atoms. The zero-order valence-corrected chi connectivity index (χ0v) is 27.1. The van der Waals surface area contributed by atoms with Crippen molar-refractivity contribution in [1.82, 2.24) is 4.90 Å². The number of fused-ring (bicyclic) bond motifs is 4. The molecule has 2 heterocycles. The number of carbonyl (C=O) groups excluding carboxylic acids is 4. The second-order valence-corrected chi connectivity index (χ2v) is 13.1. The number of allylic oxidation sites excluding steroid dienone is 2. The monoisotopic (exact) mass is 654 g/mol. The summed E-state index contributed by atoms with van der Waals surface area (Å²) in [6, 6.07) is 19.3. The lowest BCUT2D eigenvalue weighted by Gasteiger charge is -2.50. The van der Waals surface area contributed by atoms with Crippen molar-refractivity contribution in [2.75, 3.05) is 25.7 Å². The van der Waals surface area contributed by atoms with Crippen LogP contribution in [0.1, 0.15) is 43.2 Å². The predicted molar refractivity (Wildman–Crippen MR) is 174 cm³/mol. The number of imide groups is 2. The molecule has 3 aromatic rings. The van der Waals surface area contributed by atoms with E-state index in [1.54, 1.807) is 36.4 Å². The number of methoxy groups -OCH3 is 2. The van der Waals surface area contributed by atoms with Gasteiger partial charge in [-0.3, -0.25) is 24.1 Å². The molecule has 2 saturated heterocycles. The Bertz CT molecular complexity index is 1820. The zero-order valence-electron chi connectivity index (χ0n) is 26.3. The molecule has 0 spiro atoms. The molecule has 242 valence electrons. The van der Waals surface area contributed by atoms with Gasteiger partial charge >= 0.3 is 0 Å². The largest absolute Gasteiger partial charge is 0.502 e. The number of aromatic hydroxyl groups is 1. The third kappa shape index (κ3) is 4.35. The number of phenols is 1. The summed E-state index contributed by atoms with van der Waals surface area (Å²) < 4.78 is 11.1. The Morgan fingerprint density at radius 3 is 2.23 bits per heavy atom. The molecule has 1 saturated carbocycles. The Hall–Kier alpha value is -4.63. The number of rotatable bonds is 7. The summed E-state index contributed by atoms with van der Waals surface area (Å²) in [5, 5.41) is 11.3. The summed E-state index contributed by atoms with van der Waals surface area (Å²) in [4.78, 5) is 60.2. The van der Waals surface area contributed by atoms with E-state index in [9.17, 15) is 19.5 Å². The molecular formula is C37H35ClN2O7. The summed E-state index contributed by atoms with van der Waals surface area (Å²) in [6.07, 6.45) is 3.17. The van der Waals surface area contributed by atoms with E-state index in [0.717, 1.165) is 5.57 Å². The molecule has 2 aliphatic heterocycles. The van der Waals surface area contributed by atoms with Crippen molar-refractivity contribution in [1.29, 1.82) is 0 Å². The van der Waals surface area contributed by atoms with E-state index >= 15 is 4.79 Å². The van der Waals surface area contributed by atoms with Gasteiger partial charge in [0.25, 0.3) is 0 Å².